The number of hydrogen-bond donors (Lipinski definition) is 0. The largest absolute Gasteiger partial charge is 0.462 e. The number of methoxy groups -OCH3 is 1. The van der Waals surface area contributed by atoms with Gasteiger partial charge in [0.1, 0.15) is 12.4 Å². The van der Waals surface area contributed by atoms with E-state index in [-0.39, 0.29) is 23.9 Å². The Hall–Kier alpha value is -0.900. The van der Waals surface area contributed by atoms with E-state index in [0.717, 1.165) is 57.7 Å². The molecule has 4 nitrogen and oxygen atoms in total. The van der Waals surface area contributed by atoms with E-state index < -0.39 is 0 Å². The highest BCUT2D eigenvalue weighted by molar-refractivity contribution is 5.73. The van der Waals surface area contributed by atoms with Gasteiger partial charge in [0, 0.05) is 13.0 Å². The van der Waals surface area contributed by atoms with Crippen molar-refractivity contribution in [3.63, 3.8) is 0 Å². The maximum absolute atomic E-state index is 12.1. The molecule has 2 saturated carbocycles. The molecule has 0 aromatic heterocycles. The molecule has 0 atom stereocenters. The summed E-state index contributed by atoms with van der Waals surface area (Å²) in [5.74, 6) is 0.114. The van der Waals surface area contributed by atoms with Gasteiger partial charge in [-0.05, 0) is 51.4 Å². The number of aldehydes is 1. The molecular formula is C15H24O4. The Balaban J connectivity index is 1.71. The van der Waals surface area contributed by atoms with Gasteiger partial charge in [-0.25, -0.2) is 0 Å². The fraction of sp³-hybridized carbons (Fsp3) is 0.867. The van der Waals surface area contributed by atoms with Gasteiger partial charge in [0.25, 0.3) is 0 Å². The third-order valence-electron chi connectivity index (χ3n) is 4.54. The highest BCUT2D eigenvalue weighted by atomic mass is 16.5. The van der Waals surface area contributed by atoms with Crippen molar-refractivity contribution < 1.29 is 19.1 Å². The van der Waals surface area contributed by atoms with Gasteiger partial charge in [0.15, 0.2) is 0 Å². The van der Waals surface area contributed by atoms with E-state index in [1.807, 2.05) is 0 Å². The van der Waals surface area contributed by atoms with Gasteiger partial charge in [0.05, 0.1) is 12.0 Å². The first-order valence-electron chi connectivity index (χ1n) is 7.41. The van der Waals surface area contributed by atoms with E-state index in [0.29, 0.717) is 6.10 Å². The smallest absolute Gasteiger partial charge is 0.309 e. The Bertz CT molecular complexity index is 299. The molecule has 0 radical (unpaired) electrons. The molecule has 2 fully saturated rings. The maximum Gasteiger partial charge on any atom is 0.309 e. The van der Waals surface area contributed by atoms with Crippen LogP contribution in [0.2, 0.25) is 0 Å². The molecule has 0 aromatic carbocycles. The molecule has 2 aliphatic rings. The van der Waals surface area contributed by atoms with Gasteiger partial charge >= 0.3 is 5.97 Å². The van der Waals surface area contributed by atoms with Crippen LogP contribution in [-0.2, 0) is 19.1 Å². The number of carbonyl (C=O) groups is 2. The lowest BCUT2D eigenvalue weighted by Crippen LogP contribution is -2.31. The predicted molar refractivity (Wildman–Crippen MR) is 70.7 cm³/mol. The van der Waals surface area contributed by atoms with Crippen LogP contribution in [-0.4, -0.2) is 31.6 Å². The van der Waals surface area contributed by atoms with Gasteiger partial charge in [-0.2, -0.15) is 0 Å². The van der Waals surface area contributed by atoms with Crippen molar-refractivity contribution >= 4 is 12.3 Å². The quantitative estimate of drug-likeness (QED) is 0.580. The summed E-state index contributed by atoms with van der Waals surface area (Å²) in [6.45, 7) is 0. The van der Waals surface area contributed by atoms with Crippen LogP contribution in [0.5, 0.6) is 0 Å². The average molecular weight is 268 g/mol. The zero-order chi connectivity index (χ0) is 13.7. The molecule has 2 rings (SSSR count). The summed E-state index contributed by atoms with van der Waals surface area (Å²) in [6.07, 6.45) is 8.47. The highest BCUT2D eigenvalue weighted by Crippen LogP contribution is 2.30. The molecule has 108 valence electrons. The van der Waals surface area contributed by atoms with Crippen LogP contribution in [0.3, 0.4) is 0 Å². The fourth-order valence-corrected chi connectivity index (χ4v) is 3.14. The Morgan fingerprint density at radius 3 is 2.05 bits per heavy atom. The second kappa shape index (κ2) is 7.04. The highest BCUT2D eigenvalue weighted by Gasteiger charge is 2.30. The molecule has 19 heavy (non-hydrogen) atoms. The first-order chi connectivity index (χ1) is 9.22. The SMILES string of the molecule is COC1CCC(OC(=O)C2CCC(C=O)CC2)CC1. The lowest BCUT2D eigenvalue weighted by atomic mass is 9.83. The summed E-state index contributed by atoms with van der Waals surface area (Å²) in [6, 6.07) is 0. The van der Waals surface area contributed by atoms with Gasteiger partial charge in [0.2, 0.25) is 0 Å². The van der Waals surface area contributed by atoms with Crippen LogP contribution in [0, 0.1) is 11.8 Å². The number of hydrogen-bond acceptors (Lipinski definition) is 4. The first kappa shape index (κ1) is 14.5. The summed E-state index contributed by atoms with van der Waals surface area (Å²) in [7, 11) is 1.74. The number of esters is 1. The standard InChI is InChI=1S/C15H24O4/c1-18-13-6-8-14(9-7-13)19-15(17)12-4-2-11(10-16)3-5-12/h10-14H,2-9H2,1H3. The average Bonchev–Trinajstić information content (AvgIpc) is 2.48. The van der Waals surface area contributed by atoms with Crippen molar-refractivity contribution in [2.45, 2.75) is 63.6 Å². The summed E-state index contributed by atoms with van der Waals surface area (Å²) in [5, 5.41) is 0. The van der Waals surface area contributed by atoms with E-state index in [2.05, 4.69) is 0 Å². The van der Waals surface area contributed by atoms with Crippen molar-refractivity contribution in [2.75, 3.05) is 7.11 Å². The molecule has 0 bridgehead atoms. The van der Waals surface area contributed by atoms with Gasteiger partial charge in [-0.15, -0.1) is 0 Å². The molecule has 0 aromatic rings. The van der Waals surface area contributed by atoms with Gasteiger partial charge in [-0.3, -0.25) is 4.79 Å². The van der Waals surface area contributed by atoms with Crippen LogP contribution in [0.25, 0.3) is 0 Å². The minimum Gasteiger partial charge on any atom is -0.462 e. The van der Waals surface area contributed by atoms with Crippen molar-refractivity contribution in [1.29, 1.82) is 0 Å². The van der Waals surface area contributed by atoms with Gasteiger partial charge < -0.3 is 14.3 Å². The van der Waals surface area contributed by atoms with Crippen LogP contribution in [0.4, 0.5) is 0 Å². The monoisotopic (exact) mass is 268 g/mol. The van der Waals surface area contributed by atoms with Crippen molar-refractivity contribution in [1.82, 2.24) is 0 Å². The summed E-state index contributed by atoms with van der Waals surface area (Å²) in [4.78, 5) is 22.8. The molecule has 0 saturated heterocycles. The third kappa shape index (κ3) is 4.03. The minimum absolute atomic E-state index is 0.0105. The normalized spacial score (nSPS) is 35.6. The Kier molecular flexibility index (Phi) is 5.37. The predicted octanol–water partition coefficient (Wildman–Crippen LogP) is 2.49. The lowest BCUT2D eigenvalue weighted by molar-refractivity contribution is -0.158. The van der Waals surface area contributed by atoms with Crippen LogP contribution in [0.15, 0.2) is 0 Å². The van der Waals surface area contributed by atoms with Gasteiger partial charge in [-0.1, -0.05) is 0 Å². The number of ether oxygens (including phenoxy) is 2. The molecule has 0 N–H and O–H groups in total. The third-order valence-corrected chi connectivity index (χ3v) is 4.54. The maximum atomic E-state index is 12.1. The van der Waals surface area contributed by atoms with Crippen molar-refractivity contribution in [3.05, 3.63) is 0 Å². The van der Waals surface area contributed by atoms with Crippen LogP contribution < -0.4 is 0 Å². The second-order valence-corrected chi connectivity index (χ2v) is 5.82. The van der Waals surface area contributed by atoms with Crippen molar-refractivity contribution in [2.24, 2.45) is 11.8 Å². The number of rotatable bonds is 4. The summed E-state index contributed by atoms with van der Waals surface area (Å²) < 4.78 is 10.9. The molecule has 0 unspecified atom stereocenters. The molecule has 0 heterocycles. The molecular weight excluding hydrogens is 244 g/mol. The van der Waals surface area contributed by atoms with E-state index in [4.69, 9.17) is 9.47 Å². The van der Waals surface area contributed by atoms with Crippen LogP contribution >= 0.6 is 0 Å². The molecule has 0 amide bonds. The van der Waals surface area contributed by atoms with E-state index in [9.17, 15) is 9.59 Å². The van der Waals surface area contributed by atoms with Crippen molar-refractivity contribution in [3.8, 4) is 0 Å². The zero-order valence-corrected chi connectivity index (χ0v) is 11.7. The minimum atomic E-state index is -0.0507. The Morgan fingerprint density at radius 2 is 1.53 bits per heavy atom. The summed E-state index contributed by atoms with van der Waals surface area (Å²) >= 11 is 0. The molecule has 0 aliphatic heterocycles. The molecule has 2 aliphatic carbocycles. The zero-order valence-electron chi connectivity index (χ0n) is 11.7. The molecule has 0 spiro atoms. The Morgan fingerprint density at radius 1 is 0.947 bits per heavy atom. The van der Waals surface area contributed by atoms with Crippen LogP contribution in [0.1, 0.15) is 51.4 Å². The Labute approximate surface area is 114 Å². The summed E-state index contributed by atoms with van der Waals surface area (Å²) in [5.41, 5.74) is 0. The number of carbonyl (C=O) groups excluding carboxylic acids is 2. The lowest BCUT2D eigenvalue weighted by Gasteiger charge is -2.30. The first-order valence-corrected chi connectivity index (χ1v) is 7.41. The molecule has 4 heteroatoms. The van der Waals surface area contributed by atoms with E-state index in [1.54, 1.807) is 7.11 Å². The fourth-order valence-electron chi connectivity index (χ4n) is 3.14. The second-order valence-electron chi connectivity index (χ2n) is 5.82. The topological polar surface area (TPSA) is 52.6 Å². The van der Waals surface area contributed by atoms with E-state index in [1.165, 1.54) is 0 Å². The van der Waals surface area contributed by atoms with E-state index >= 15 is 0 Å².